The first-order chi connectivity index (χ1) is 8.49. The number of carboxylic acids is 1. The van der Waals surface area contributed by atoms with Crippen LogP contribution >= 0.6 is 15.9 Å². The van der Waals surface area contributed by atoms with Crippen LogP contribution in [0.15, 0.2) is 28.7 Å². The molecule has 0 fully saturated rings. The zero-order valence-corrected chi connectivity index (χ0v) is 12.0. The van der Waals surface area contributed by atoms with Gasteiger partial charge in [-0.3, -0.25) is 0 Å². The number of hydrogen-bond donors (Lipinski definition) is 1. The normalized spacial score (nSPS) is 11.1. The van der Waals surface area contributed by atoms with Crippen LogP contribution in [0.3, 0.4) is 0 Å². The largest absolute Gasteiger partial charge is 0.492 e. The minimum atomic E-state index is -0.971. The molecule has 4 nitrogen and oxygen atoms in total. The Bertz CT molecular complexity index is 444. The third-order valence-electron chi connectivity index (χ3n) is 2.18. The molecule has 0 unspecified atom stereocenters. The summed E-state index contributed by atoms with van der Waals surface area (Å²) in [6.45, 7) is 1.42. The van der Waals surface area contributed by atoms with Crippen molar-refractivity contribution in [1.82, 2.24) is 4.90 Å². The van der Waals surface area contributed by atoms with Gasteiger partial charge in [0.25, 0.3) is 0 Å². The van der Waals surface area contributed by atoms with Crippen LogP contribution in [0.25, 0.3) is 6.08 Å². The van der Waals surface area contributed by atoms with Gasteiger partial charge in [-0.25, -0.2) is 4.79 Å². The molecular formula is C13H16BrNO3. The van der Waals surface area contributed by atoms with Gasteiger partial charge in [0.2, 0.25) is 0 Å². The second-order valence-electron chi connectivity index (χ2n) is 4.01. The minimum absolute atomic E-state index is 0.594. The zero-order valence-electron chi connectivity index (χ0n) is 10.4. The first-order valence-electron chi connectivity index (χ1n) is 5.47. The minimum Gasteiger partial charge on any atom is -0.492 e. The van der Waals surface area contributed by atoms with Crippen LogP contribution in [0, 0.1) is 0 Å². The fourth-order valence-electron chi connectivity index (χ4n) is 1.25. The molecule has 0 bridgehead atoms. The van der Waals surface area contributed by atoms with Gasteiger partial charge in [-0.15, -0.1) is 0 Å². The van der Waals surface area contributed by atoms with Gasteiger partial charge in [-0.1, -0.05) is 15.9 Å². The lowest BCUT2D eigenvalue weighted by Crippen LogP contribution is -2.19. The highest BCUT2D eigenvalue weighted by Crippen LogP contribution is 2.23. The van der Waals surface area contributed by atoms with E-state index < -0.39 is 5.97 Å². The van der Waals surface area contributed by atoms with Crippen molar-refractivity contribution in [1.29, 1.82) is 0 Å². The van der Waals surface area contributed by atoms with Gasteiger partial charge >= 0.3 is 5.97 Å². The number of benzene rings is 1. The molecule has 98 valence electrons. The molecule has 1 rings (SSSR count). The number of ether oxygens (including phenoxy) is 1. The molecule has 0 spiro atoms. The summed E-state index contributed by atoms with van der Waals surface area (Å²) in [5, 5.41) is 8.60. The lowest BCUT2D eigenvalue weighted by atomic mass is 10.2. The van der Waals surface area contributed by atoms with Gasteiger partial charge in [0.1, 0.15) is 12.4 Å². The van der Waals surface area contributed by atoms with Crippen LogP contribution in [0.2, 0.25) is 0 Å². The number of carbonyl (C=O) groups is 1. The van der Waals surface area contributed by atoms with E-state index >= 15 is 0 Å². The summed E-state index contributed by atoms with van der Waals surface area (Å²) in [5.74, 6) is -0.245. The molecule has 0 radical (unpaired) electrons. The monoisotopic (exact) mass is 313 g/mol. The molecule has 0 heterocycles. The number of likely N-dealkylation sites (N-methyl/N-ethyl adjacent to an activating group) is 1. The SMILES string of the molecule is CN(C)CCOc1ccc(Br)c(/C=C/C(=O)O)c1. The van der Waals surface area contributed by atoms with Crippen molar-refractivity contribution in [2.24, 2.45) is 0 Å². The van der Waals surface area contributed by atoms with Gasteiger partial charge in [-0.05, 0) is 43.9 Å². The lowest BCUT2D eigenvalue weighted by Gasteiger charge is -2.11. The summed E-state index contributed by atoms with van der Waals surface area (Å²) in [5.41, 5.74) is 0.778. The third-order valence-corrected chi connectivity index (χ3v) is 2.90. The van der Waals surface area contributed by atoms with E-state index in [1.54, 1.807) is 6.07 Å². The first kappa shape index (κ1) is 14.7. The summed E-state index contributed by atoms with van der Waals surface area (Å²) in [6, 6.07) is 5.49. The number of hydrogen-bond acceptors (Lipinski definition) is 3. The summed E-state index contributed by atoms with van der Waals surface area (Å²) in [6.07, 6.45) is 2.63. The van der Waals surface area contributed by atoms with E-state index in [0.717, 1.165) is 28.4 Å². The predicted octanol–water partition coefficient (Wildman–Crippen LogP) is 2.49. The van der Waals surface area contributed by atoms with E-state index in [-0.39, 0.29) is 0 Å². The highest BCUT2D eigenvalue weighted by atomic mass is 79.9. The van der Waals surface area contributed by atoms with Crippen molar-refractivity contribution in [3.05, 3.63) is 34.3 Å². The quantitative estimate of drug-likeness (QED) is 0.820. The van der Waals surface area contributed by atoms with Gasteiger partial charge in [0.05, 0.1) is 0 Å². The van der Waals surface area contributed by atoms with E-state index in [1.807, 2.05) is 31.1 Å². The highest BCUT2D eigenvalue weighted by molar-refractivity contribution is 9.10. The molecule has 0 saturated carbocycles. The van der Waals surface area contributed by atoms with E-state index in [1.165, 1.54) is 6.08 Å². The zero-order chi connectivity index (χ0) is 13.5. The Morgan fingerprint density at radius 1 is 1.50 bits per heavy atom. The van der Waals surface area contributed by atoms with Crippen LogP contribution in [-0.2, 0) is 4.79 Å². The molecule has 0 aromatic heterocycles. The Balaban J connectivity index is 2.71. The summed E-state index contributed by atoms with van der Waals surface area (Å²) < 4.78 is 6.41. The second-order valence-corrected chi connectivity index (χ2v) is 4.86. The van der Waals surface area contributed by atoms with Gasteiger partial charge in [0.15, 0.2) is 0 Å². The Hall–Kier alpha value is -1.33. The van der Waals surface area contributed by atoms with E-state index in [9.17, 15) is 4.79 Å². The van der Waals surface area contributed by atoms with Crippen molar-refractivity contribution < 1.29 is 14.6 Å². The van der Waals surface area contributed by atoms with Gasteiger partial charge < -0.3 is 14.7 Å². The molecule has 1 N–H and O–H groups in total. The van der Waals surface area contributed by atoms with Crippen LogP contribution in [0.5, 0.6) is 5.75 Å². The Morgan fingerprint density at radius 3 is 2.83 bits per heavy atom. The maximum atomic E-state index is 10.5. The number of halogens is 1. The molecule has 1 aromatic carbocycles. The number of nitrogens with zero attached hydrogens (tertiary/aromatic N) is 1. The van der Waals surface area contributed by atoms with Crippen molar-refractivity contribution in [3.63, 3.8) is 0 Å². The molecule has 0 amide bonds. The average Bonchev–Trinajstić information content (AvgIpc) is 2.29. The van der Waals surface area contributed by atoms with Crippen molar-refractivity contribution in [2.75, 3.05) is 27.2 Å². The standard InChI is InChI=1S/C13H16BrNO3/c1-15(2)7-8-18-11-4-5-12(14)10(9-11)3-6-13(16)17/h3-6,9H,7-8H2,1-2H3,(H,16,17)/b6-3+. The smallest absolute Gasteiger partial charge is 0.328 e. The molecule has 0 atom stereocenters. The lowest BCUT2D eigenvalue weighted by molar-refractivity contribution is -0.131. The molecular weight excluding hydrogens is 298 g/mol. The Kier molecular flexibility index (Phi) is 5.88. The molecule has 0 saturated heterocycles. The van der Waals surface area contributed by atoms with Gasteiger partial charge in [-0.2, -0.15) is 0 Å². The highest BCUT2D eigenvalue weighted by Gasteiger charge is 2.01. The van der Waals surface area contributed by atoms with Crippen molar-refractivity contribution in [3.8, 4) is 5.75 Å². The number of rotatable bonds is 6. The summed E-state index contributed by atoms with van der Waals surface area (Å²) in [4.78, 5) is 12.5. The summed E-state index contributed by atoms with van der Waals surface area (Å²) >= 11 is 3.36. The van der Waals surface area contributed by atoms with Crippen LogP contribution in [0.4, 0.5) is 0 Å². The van der Waals surface area contributed by atoms with Crippen LogP contribution < -0.4 is 4.74 Å². The third kappa shape index (κ3) is 5.33. The topological polar surface area (TPSA) is 49.8 Å². The van der Waals surface area contributed by atoms with Crippen LogP contribution in [-0.4, -0.2) is 43.2 Å². The molecule has 18 heavy (non-hydrogen) atoms. The first-order valence-corrected chi connectivity index (χ1v) is 6.26. The second kappa shape index (κ2) is 7.18. The molecule has 1 aromatic rings. The fraction of sp³-hybridized carbons (Fsp3) is 0.308. The molecule has 0 aliphatic heterocycles. The molecule has 0 aliphatic carbocycles. The van der Waals surface area contributed by atoms with E-state index in [2.05, 4.69) is 15.9 Å². The maximum absolute atomic E-state index is 10.5. The van der Waals surface area contributed by atoms with Crippen molar-refractivity contribution in [2.45, 2.75) is 0 Å². The summed E-state index contributed by atoms with van der Waals surface area (Å²) in [7, 11) is 3.96. The van der Waals surface area contributed by atoms with Gasteiger partial charge in [0, 0.05) is 17.1 Å². The average molecular weight is 314 g/mol. The fourth-order valence-corrected chi connectivity index (χ4v) is 1.63. The molecule has 0 aliphatic rings. The number of aliphatic carboxylic acids is 1. The Morgan fingerprint density at radius 2 is 2.22 bits per heavy atom. The van der Waals surface area contributed by atoms with E-state index in [0.29, 0.717) is 6.61 Å². The van der Waals surface area contributed by atoms with Crippen LogP contribution in [0.1, 0.15) is 5.56 Å². The number of carboxylic acid groups (broad SMARTS) is 1. The Labute approximate surface area is 115 Å². The van der Waals surface area contributed by atoms with E-state index in [4.69, 9.17) is 9.84 Å². The molecule has 5 heteroatoms. The van der Waals surface area contributed by atoms with Crippen molar-refractivity contribution >= 4 is 28.0 Å². The maximum Gasteiger partial charge on any atom is 0.328 e. The predicted molar refractivity (Wildman–Crippen MR) is 74.9 cm³/mol.